The number of esters is 1. The van der Waals surface area contributed by atoms with Crippen molar-refractivity contribution in [3.8, 4) is 22.6 Å². The molecular formula is C25H23NO5. The predicted octanol–water partition coefficient (Wildman–Crippen LogP) is 6.21. The van der Waals surface area contributed by atoms with Crippen molar-refractivity contribution in [3.05, 3.63) is 101 Å². The molecule has 0 radical (unpaired) electrons. The molecule has 0 saturated carbocycles. The van der Waals surface area contributed by atoms with Gasteiger partial charge in [0.2, 0.25) is 0 Å². The summed E-state index contributed by atoms with van der Waals surface area (Å²) in [5, 5.41) is 11.6. The van der Waals surface area contributed by atoms with E-state index >= 15 is 0 Å². The first-order valence-corrected chi connectivity index (χ1v) is 9.91. The zero-order valence-corrected chi connectivity index (χ0v) is 17.2. The van der Waals surface area contributed by atoms with Crippen molar-refractivity contribution in [1.29, 1.82) is 0 Å². The second-order valence-corrected chi connectivity index (χ2v) is 7.01. The summed E-state index contributed by atoms with van der Waals surface area (Å²) >= 11 is 0. The third-order valence-corrected chi connectivity index (χ3v) is 4.67. The highest BCUT2D eigenvalue weighted by Gasteiger charge is 2.19. The highest BCUT2D eigenvalue weighted by molar-refractivity contribution is 5.91. The number of nitrogens with zero attached hydrogens (tertiary/aromatic N) is 1. The van der Waals surface area contributed by atoms with E-state index < -0.39 is 10.9 Å². The van der Waals surface area contributed by atoms with Crippen molar-refractivity contribution < 1.29 is 19.2 Å². The average molecular weight is 417 g/mol. The number of nitro benzene ring substituents is 1. The first-order valence-electron chi connectivity index (χ1n) is 9.91. The van der Waals surface area contributed by atoms with E-state index in [4.69, 9.17) is 9.47 Å². The Balaban J connectivity index is 1.76. The van der Waals surface area contributed by atoms with Crippen LogP contribution in [-0.2, 0) is 0 Å². The number of carbonyl (C=O) groups excluding carboxylic acids is 1. The minimum absolute atomic E-state index is 0.0949. The molecule has 0 saturated heterocycles. The molecule has 0 amide bonds. The van der Waals surface area contributed by atoms with E-state index in [2.05, 4.69) is 6.58 Å². The number of hydrogen-bond acceptors (Lipinski definition) is 5. The van der Waals surface area contributed by atoms with Gasteiger partial charge in [-0.25, -0.2) is 4.79 Å². The molecule has 0 spiro atoms. The Morgan fingerprint density at radius 3 is 2.39 bits per heavy atom. The zero-order chi connectivity index (χ0) is 22.2. The van der Waals surface area contributed by atoms with Gasteiger partial charge in [0.25, 0.3) is 0 Å². The fourth-order valence-corrected chi connectivity index (χ4v) is 3.02. The third-order valence-electron chi connectivity index (χ3n) is 4.67. The van der Waals surface area contributed by atoms with Crippen LogP contribution in [0.3, 0.4) is 0 Å². The molecule has 1 atom stereocenters. The minimum atomic E-state index is -0.449. The normalized spacial score (nSPS) is 11.4. The van der Waals surface area contributed by atoms with Crippen LogP contribution < -0.4 is 9.47 Å². The second kappa shape index (κ2) is 10.2. The molecule has 6 nitrogen and oxygen atoms in total. The maximum absolute atomic E-state index is 12.2. The fraction of sp³-hybridized carbons (Fsp3) is 0.160. The highest BCUT2D eigenvalue weighted by atomic mass is 16.6. The topological polar surface area (TPSA) is 78.7 Å². The zero-order valence-electron chi connectivity index (χ0n) is 17.2. The molecule has 6 heteroatoms. The molecule has 0 aliphatic heterocycles. The van der Waals surface area contributed by atoms with E-state index in [1.807, 2.05) is 13.0 Å². The van der Waals surface area contributed by atoms with Gasteiger partial charge in [-0.15, -0.1) is 6.58 Å². The number of hydrogen-bond donors (Lipinski definition) is 0. The van der Waals surface area contributed by atoms with Gasteiger partial charge < -0.3 is 9.47 Å². The van der Waals surface area contributed by atoms with Gasteiger partial charge in [-0.3, -0.25) is 10.1 Å². The molecule has 3 aromatic carbocycles. The Morgan fingerprint density at radius 2 is 1.74 bits per heavy atom. The van der Waals surface area contributed by atoms with Gasteiger partial charge in [0.15, 0.2) is 5.75 Å². The Morgan fingerprint density at radius 1 is 1.06 bits per heavy atom. The first kappa shape index (κ1) is 21.8. The van der Waals surface area contributed by atoms with Gasteiger partial charge >= 0.3 is 11.7 Å². The average Bonchev–Trinajstić information content (AvgIpc) is 2.79. The molecule has 3 aromatic rings. The molecular weight excluding hydrogens is 394 g/mol. The van der Waals surface area contributed by atoms with Gasteiger partial charge in [-0.1, -0.05) is 42.5 Å². The highest BCUT2D eigenvalue weighted by Crippen LogP contribution is 2.34. The maximum Gasteiger partial charge on any atom is 0.343 e. The lowest BCUT2D eigenvalue weighted by Gasteiger charge is -2.14. The summed E-state index contributed by atoms with van der Waals surface area (Å²) in [6, 6.07) is 20.4. The van der Waals surface area contributed by atoms with Crippen molar-refractivity contribution in [2.45, 2.75) is 25.9 Å². The molecule has 0 unspecified atom stereocenters. The number of benzene rings is 3. The summed E-state index contributed by atoms with van der Waals surface area (Å²) in [7, 11) is 0. The minimum Gasteiger partial charge on any atom is -0.484 e. The number of ether oxygens (including phenoxy) is 2. The maximum atomic E-state index is 12.2. The molecule has 0 bridgehead atoms. The molecule has 0 N–H and O–H groups in total. The van der Waals surface area contributed by atoms with Gasteiger partial charge in [0.05, 0.1) is 16.6 Å². The van der Waals surface area contributed by atoms with E-state index in [-0.39, 0.29) is 17.5 Å². The van der Waals surface area contributed by atoms with Gasteiger partial charge in [-0.2, -0.15) is 0 Å². The van der Waals surface area contributed by atoms with Crippen LogP contribution in [0.2, 0.25) is 0 Å². The Hall–Kier alpha value is -3.93. The molecule has 0 aromatic heterocycles. The molecule has 158 valence electrons. The Bertz CT molecular complexity index is 1060. The molecule has 0 fully saturated rings. The molecule has 0 aliphatic carbocycles. The number of allylic oxidation sites excluding steroid dienone is 1. The van der Waals surface area contributed by atoms with E-state index in [1.54, 1.807) is 66.7 Å². The van der Waals surface area contributed by atoms with Gasteiger partial charge in [0.1, 0.15) is 5.75 Å². The largest absolute Gasteiger partial charge is 0.484 e. The van der Waals surface area contributed by atoms with Crippen molar-refractivity contribution in [3.63, 3.8) is 0 Å². The number of rotatable bonds is 9. The predicted molar refractivity (Wildman–Crippen MR) is 119 cm³/mol. The SMILES string of the molecule is C=CCC[C@@H](C)Oc1ccc(-c2ccc(OC(=O)c3ccccc3)cc2)cc1[N+](=O)[O-]. The molecule has 0 heterocycles. The lowest BCUT2D eigenvalue weighted by atomic mass is 10.0. The van der Waals surface area contributed by atoms with Crippen LogP contribution in [0.25, 0.3) is 11.1 Å². The van der Waals surface area contributed by atoms with Crippen LogP contribution >= 0.6 is 0 Å². The Kier molecular flexibility index (Phi) is 7.17. The summed E-state index contributed by atoms with van der Waals surface area (Å²) in [5.41, 5.74) is 1.79. The third kappa shape index (κ3) is 5.79. The molecule has 0 aliphatic rings. The summed E-state index contributed by atoms with van der Waals surface area (Å²) < 4.78 is 11.1. The number of carbonyl (C=O) groups is 1. The van der Waals surface area contributed by atoms with Crippen LogP contribution in [0.1, 0.15) is 30.1 Å². The summed E-state index contributed by atoms with van der Waals surface area (Å²) in [4.78, 5) is 23.3. The quantitative estimate of drug-likeness (QED) is 0.136. The van der Waals surface area contributed by atoms with Crippen molar-refractivity contribution in [1.82, 2.24) is 0 Å². The summed E-state index contributed by atoms with van der Waals surface area (Å²) in [6.07, 6.45) is 3.12. The monoisotopic (exact) mass is 417 g/mol. The number of nitro groups is 1. The fourth-order valence-electron chi connectivity index (χ4n) is 3.02. The summed E-state index contributed by atoms with van der Waals surface area (Å²) in [6.45, 7) is 5.55. The van der Waals surface area contributed by atoms with E-state index in [0.717, 1.165) is 18.4 Å². The lowest BCUT2D eigenvalue weighted by molar-refractivity contribution is -0.386. The van der Waals surface area contributed by atoms with E-state index in [0.29, 0.717) is 16.9 Å². The Labute approximate surface area is 180 Å². The standard InChI is InChI=1S/C25H23NO5/c1-3-4-8-18(2)30-24-16-13-21(17-23(24)26(28)29)19-11-14-22(15-12-19)31-25(27)20-9-6-5-7-10-20/h3,5-7,9-18H,1,4,8H2,2H3/t18-/m1/s1. The smallest absolute Gasteiger partial charge is 0.343 e. The van der Waals surface area contributed by atoms with Crippen molar-refractivity contribution >= 4 is 11.7 Å². The van der Waals surface area contributed by atoms with E-state index in [1.165, 1.54) is 6.07 Å². The molecule has 31 heavy (non-hydrogen) atoms. The van der Waals surface area contributed by atoms with Crippen LogP contribution in [-0.4, -0.2) is 17.0 Å². The van der Waals surface area contributed by atoms with Crippen LogP contribution in [0.5, 0.6) is 11.5 Å². The van der Waals surface area contributed by atoms with Crippen LogP contribution in [0.4, 0.5) is 5.69 Å². The van der Waals surface area contributed by atoms with Crippen molar-refractivity contribution in [2.24, 2.45) is 0 Å². The van der Waals surface area contributed by atoms with Gasteiger partial charge in [-0.05, 0) is 61.2 Å². The summed E-state index contributed by atoms with van der Waals surface area (Å²) in [5.74, 6) is 0.179. The first-order chi connectivity index (χ1) is 15.0. The van der Waals surface area contributed by atoms with Crippen molar-refractivity contribution in [2.75, 3.05) is 0 Å². The van der Waals surface area contributed by atoms with Gasteiger partial charge in [0, 0.05) is 6.07 Å². The van der Waals surface area contributed by atoms with E-state index in [9.17, 15) is 14.9 Å². The lowest BCUT2D eigenvalue weighted by Crippen LogP contribution is -2.12. The second-order valence-electron chi connectivity index (χ2n) is 7.01. The van der Waals surface area contributed by atoms with Crippen LogP contribution in [0, 0.1) is 10.1 Å². The molecule has 3 rings (SSSR count). The van der Waals surface area contributed by atoms with Crippen LogP contribution in [0.15, 0.2) is 85.5 Å².